The summed E-state index contributed by atoms with van der Waals surface area (Å²) < 4.78 is 5.40. The van der Waals surface area contributed by atoms with Crippen LogP contribution in [0.15, 0.2) is 18.2 Å². The zero-order valence-corrected chi connectivity index (χ0v) is 11.2. The van der Waals surface area contributed by atoms with E-state index in [1.54, 1.807) is 6.92 Å². The predicted molar refractivity (Wildman–Crippen MR) is 73.8 cm³/mol. The molecule has 7 heteroatoms. The molecule has 20 heavy (non-hydrogen) atoms. The first-order chi connectivity index (χ1) is 9.56. The number of nitro groups is 1. The number of hydrogen-bond acceptors (Lipinski definition) is 4. The lowest BCUT2D eigenvalue weighted by Gasteiger charge is -2.12. The number of benzene rings is 1. The maximum atomic E-state index is 11.7. The number of carbonyl (C=O) groups is 1. The molecule has 2 N–H and O–H groups in total. The number of amides is 2. The van der Waals surface area contributed by atoms with Crippen molar-refractivity contribution in [1.82, 2.24) is 5.32 Å². The number of carbonyl (C=O) groups excluding carboxylic acids is 1. The van der Waals surface area contributed by atoms with Gasteiger partial charge in [0, 0.05) is 31.0 Å². The van der Waals surface area contributed by atoms with Crippen molar-refractivity contribution in [3.8, 4) is 0 Å². The minimum Gasteiger partial charge on any atom is -0.376 e. The molecule has 0 aromatic heterocycles. The monoisotopic (exact) mass is 279 g/mol. The van der Waals surface area contributed by atoms with Crippen molar-refractivity contribution in [2.24, 2.45) is 0 Å². The lowest BCUT2D eigenvalue weighted by molar-refractivity contribution is -0.384. The molecule has 108 valence electrons. The summed E-state index contributed by atoms with van der Waals surface area (Å²) in [6.45, 7) is 2.93. The molecule has 1 aromatic carbocycles. The fourth-order valence-electron chi connectivity index (χ4n) is 2.08. The van der Waals surface area contributed by atoms with Gasteiger partial charge in [0.15, 0.2) is 0 Å². The van der Waals surface area contributed by atoms with Crippen molar-refractivity contribution in [2.75, 3.05) is 18.5 Å². The van der Waals surface area contributed by atoms with Gasteiger partial charge in [-0.2, -0.15) is 0 Å². The molecule has 0 aliphatic carbocycles. The van der Waals surface area contributed by atoms with E-state index in [-0.39, 0.29) is 17.8 Å². The highest BCUT2D eigenvalue weighted by molar-refractivity contribution is 5.90. The summed E-state index contributed by atoms with van der Waals surface area (Å²) >= 11 is 0. The number of nitrogens with one attached hydrogen (secondary N) is 2. The van der Waals surface area contributed by atoms with Gasteiger partial charge in [-0.3, -0.25) is 10.1 Å². The molecular weight excluding hydrogens is 262 g/mol. The first-order valence-electron chi connectivity index (χ1n) is 6.48. The third kappa shape index (κ3) is 3.67. The Balaban J connectivity index is 1.88. The lowest BCUT2D eigenvalue weighted by atomic mass is 10.2. The van der Waals surface area contributed by atoms with Gasteiger partial charge < -0.3 is 15.4 Å². The first-order valence-corrected chi connectivity index (χ1v) is 6.48. The van der Waals surface area contributed by atoms with Crippen LogP contribution in [0.25, 0.3) is 0 Å². The van der Waals surface area contributed by atoms with Gasteiger partial charge >= 0.3 is 6.03 Å². The number of nitro benzene ring substituents is 1. The van der Waals surface area contributed by atoms with E-state index >= 15 is 0 Å². The van der Waals surface area contributed by atoms with E-state index in [1.807, 2.05) is 0 Å². The van der Waals surface area contributed by atoms with Crippen LogP contribution < -0.4 is 10.6 Å². The number of aryl methyl sites for hydroxylation is 1. The van der Waals surface area contributed by atoms with Crippen molar-refractivity contribution < 1.29 is 14.5 Å². The SMILES string of the molecule is Cc1cc([N+](=O)[O-])ccc1NC(=O)NC[C@H]1CCCO1. The highest BCUT2D eigenvalue weighted by Crippen LogP contribution is 2.21. The molecule has 2 rings (SSSR count). The Bertz CT molecular complexity index is 512. The fourth-order valence-corrected chi connectivity index (χ4v) is 2.08. The van der Waals surface area contributed by atoms with Crippen LogP contribution >= 0.6 is 0 Å². The Labute approximate surface area is 116 Å². The second kappa shape index (κ2) is 6.33. The summed E-state index contributed by atoms with van der Waals surface area (Å²) in [5.41, 5.74) is 1.21. The van der Waals surface area contributed by atoms with E-state index in [0.29, 0.717) is 17.8 Å². The quantitative estimate of drug-likeness (QED) is 0.652. The number of hydrogen-bond donors (Lipinski definition) is 2. The molecule has 1 saturated heterocycles. The molecule has 1 aliphatic rings. The maximum absolute atomic E-state index is 11.7. The molecule has 1 heterocycles. The molecule has 2 amide bonds. The molecule has 0 unspecified atom stereocenters. The van der Waals surface area contributed by atoms with E-state index in [9.17, 15) is 14.9 Å². The summed E-state index contributed by atoms with van der Waals surface area (Å²) in [5, 5.41) is 16.0. The van der Waals surface area contributed by atoms with Crippen LogP contribution in [0.5, 0.6) is 0 Å². The Morgan fingerprint density at radius 1 is 1.55 bits per heavy atom. The molecule has 0 radical (unpaired) electrons. The summed E-state index contributed by atoms with van der Waals surface area (Å²) in [7, 11) is 0. The van der Waals surface area contributed by atoms with Crippen molar-refractivity contribution in [1.29, 1.82) is 0 Å². The van der Waals surface area contributed by atoms with Gasteiger partial charge in [-0.25, -0.2) is 4.79 Å². The molecule has 0 saturated carbocycles. The molecule has 0 spiro atoms. The molecule has 1 aliphatic heterocycles. The van der Waals surface area contributed by atoms with E-state index in [0.717, 1.165) is 19.4 Å². The van der Waals surface area contributed by atoms with E-state index in [4.69, 9.17) is 4.74 Å². The predicted octanol–water partition coefficient (Wildman–Crippen LogP) is 2.20. The second-order valence-electron chi connectivity index (χ2n) is 4.73. The summed E-state index contributed by atoms with van der Waals surface area (Å²) in [6, 6.07) is 3.98. The van der Waals surface area contributed by atoms with Crippen LogP contribution in [0.3, 0.4) is 0 Å². The fraction of sp³-hybridized carbons (Fsp3) is 0.462. The van der Waals surface area contributed by atoms with Gasteiger partial charge in [0.2, 0.25) is 0 Å². The van der Waals surface area contributed by atoms with Gasteiger partial charge in [-0.1, -0.05) is 0 Å². The Morgan fingerprint density at radius 3 is 2.95 bits per heavy atom. The number of anilines is 1. The van der Waals surface area contributed by atoms with Crippen molar-refractivity contribution in [2.45, 2.75) is 25.9 Å². The summed E-state index contributed by atoms with van der Waals surface area (Å²) in [4.78, 5) is 21.9. The zero-order chi connectivity index (χ0) is 14.5. The van der Waals surface area contributed by atoms with E-state index in [2.05, 4.69) is 10.6 Å². The Kier molecular flexibility index (Phi) is 4.52. The number of ether oxygens (including phenoxy) is 1. The highest BCUT2D eigenvalue weighted by atomic mass is 16.6. The Hall–Kier alpha value is -2.15. The topological polar surface area (TPSA) is 93.5 Å². The highest BCUT2D eigenvalue weighted by Gasteiger charge is 2.16. The van der Waals surface area contributed by atoms with Crippen LogP contribution in [-0.2, 0) is 4.74 Å². The van der Waals surface area contributed by atoms with Gasteiger partial charge in [0.1, 0.15) is 0 Å². The number of rotatable bonds is 4. The minimum absolute atomic E-state index is 0.00723. The molecule has 1 atom stereocenters. The smallest absolute Gasteiger partial charge is 0.319 e. The van der Waals surface area contributed by atoms with Crippen molar-refractivity contribution in [3.63, 3.8) is 0 Å². The van der Waals surface area contributed by atoms with E-state index in [1.165, 1.54) is 18.2 Å². The number of nitrogens with zero attached hydrogens (tertiary/aromatic N) is 1. The Morgan fingerprint density at radius 2 is 2.35 bits per heavy atom. The van der Waals surface area contributed by atoms with Crippen LogP contribution in [0.2, 0.25) is 0 Å². The molecule has 1 aromatic rings. The standard InChI is InChI=1S/C13H17N3O4/c1-9-7-10(16(18)19)4-5-12(9)15-13(17)14-8-11-3-2-6-20-11/h4-5,7,11H,2-3,6,8H2,1H3,(H2,14,15,17)/t11-/m1/s1. The van der Waals surface area contributed by atoms with Crippen LogP contribution in [0, 0.1) is 17.0 Å². The minimum atomic E-state index is -0.464. The van der Waals surface area contributed by atoms with Gasteiger partial charge in [-0.05, 0) is 31.4 Å². The molecular formula is C13H17N3O4. The van der Waals surface area contributed by atoms with Crippen LogP contribution in [0.4, 0.5) is 16.2 Å². The average molecular weight is 279 g/mol. The summed E-state index contributed by atoms with van der Waals surface area (Å²) in [5.74, 6) is 0. The average Bonchev–Trinajstić information content (AvgIpc) is 2.91. The molecule has 7 nitrogen and oxygen atoms in total. The van der Waals surface area contributed by atoms with Crippen molar-refractivity contribution in [3.05, 3.63) is 33.9 Å². The number of non-ortho nitro benzene ring substituents is 1. The third-order valence-electron chi connectivity index (χ3n) is 3.18. The van der Waals surface area contributed by atoms with E-state index < -0.39 is 4.92 Å². The summed E-state index contributed by atoms with van der Waals surface area (Å²) in [6.07, 6.45) is 2.06. The molecule has 1 fully saturated rings. The van der Waals surface area contributed by atoms with Crippen LogP contribution in [-0.4, -0.2) is 30.2 Å². The normalized spacial score (nSPS) is 17.8. The second-order valence-corrected chi connectivity index (χ2v) is 4.73. The van der Waals surface area contributed by atoms with Gasteiger partial charge in [0.05, 0.1) is 11.0 Å². The lowest BCUT2D eigenvalue weighted by Crippen LogP contribution is -2.35. The van der Waals surface area contributed by atoms with Gasteiger partial charge in [0.25, 0.3) is 5.69 Å². The molecule has 0 bridgehead atoms. The number of urea groups is 1. The maximum Gasteiger partial charge on any atom is 0.319 e. The first kappa shape index (κ1) is 14.3. The zero-order valence-electron chi connectivity index (χ0n) is 11.2. The van der Waals surface area contributed by atoms with Crippen LogP contribution in [0.1, 0.15) is 18.4 Å². The van der Waals surface area contributed by atoms with Gasteiger partial charge in [-0.15, -0.1) is 0 Å². The third-order valence-corrected chi connectivity index (χ3v) is 3.18. The van der Waals surface area contributed by atoms with Crippen molar-refractivity contribution >= 4 is 17.4 Å². The largest absolute Gasteiger partial charge is 0.376 e.